The monoisotopic (exact) mass is 210 g/mol. The van der Waals surface area contributed by atoms with Crippen molar-refractivity contribution in [2.45, 2.75) is 26.9 Å². The minimum absolute atomic E-state index is 0.141. The van der Waals surface area contributed by atoms with E-state index in [0.717, 1.165) is 22.8 Å². The number of hydrogen-bond acceptors (Lipinski definition) is 3. The van der Waals surface area contributed by atoms with Crippen LogP contribution < -0.4 is 14.2 Å². The molecule has 0 bridgehead atoms. The van der Waals surface area contributed by atoms with Gasteiger partial charge in [-0.25, -0.2) is 0 Å². The van der Waals surface area contributed by atoms with Gasteiger partial charge in [-0.05, 0) is 20.8 Å². The van der Waals surface area contributed by atoms with Crippen molar-refractivity contribution < 1.29 is 14.2 Å². The van der Waals surface area contributed by atoms with Crippen molar-refractivity contribution in [1.82, 2.24) is 0 Å². The summed E-state index contributed by atoms with van der Waals surface area (Å²) in [5.74, 6) is 2.33. The van der Waals surface area contributed by atoms with E-state index in [2.05, 4.69) is 0 Å². The lowest BCUT2D eigenvalue weighted by molar-refractivity contribution is 0.239. The highest BCUT2D eigenvalue weighted by Crippen LogP contribution is 2.33. The van der Waals surface area contributed by atoms with Crippen LogP contribution in [0.4, 0.5) is 0 Å². The van der Waals surface area contributed by atoms with E-state index in [4.69, 9.17) is 14.2 Å². The molecule has 0 aromatic heterocycles. The fourth-order valence-electron chi connectivity index (χ4n) is 1.40. The average Bonchev–Trinajstić information content (AvgIpc) is 2.19. The maximum atomic E-state index is 5.59. The van der Waals surface area contributed by atoms with Crippen molar-refractivity contribution in [3.05, 3.63) is 17.7 Å². The molecule has 0 heterocycles. The van der Waals surface area contributed by atoms with E-state index in [1.54, 1.807) is 14.2 Å². The second-order valence-corrected chi connectivity index (χ2v) is 3.62. The van der Waals surface area contributed by atoms with Gasteiger partial charge in [-0.15, -0.1) is 0 Å². The molecular weight excluding hydrogens is 192 g/mol. The lowest BCUT2D eigenvalue weighted by Crippen LogP contribution is -2.06. The van der Waals surface area contributed by atoms with Crippen molar-refractivity contribution in [2.24, 2.45) is 0 Å². The van der Waals surface area contributed by atoms with Crippen molar-refractivity contribution in [2.75, 3.05) is 14.2 Å². The highest BCUT2D eigenvalue weighted by atomic mass is 16.5. The van der Waals surface area contributed by atoms with Gasteiger partial charge in [0.05, 0.1) is 20.3 Å². The Bertz CT molecular complexity index is 307. The first-order valence-electron chi connectivity index (χ1n) is 4.97. The van der Waals surface area contributed by atoms with Gasteiger partial charge in [-0.2, -0.15) is 0 Å². The molecule has 1 rings (SSSR count). The highest BCUT2D eigenvalue weighted by Gasteiger charge is 2.09. The van der Waals surface area contributed by atoms with Crippen LogP contribution in [0.5, 0.6) is 17.2 Å². The standard InChI is InChI=1S/C12H18O3/c1-8(2)15-10-6-11(13-4)9(3)12(7-10)14-5/h6-8H,1-5H3. The first kappa shape index (κ1) is 11.7. The molecule has 0 saturated carbocycles. The van der Waals surface area contributed by atoms with E-state index in [1.807, 2.05) is 32.9 Å². The Labute approximate surface area is 91.0 Å². The topological polar surface area (TPSA) is 27.7 Å². The summed E-state index contributed by atoms with van der Waals surface area (Å²) < 4.78 is 16.1. The maximum Gasteiger partial charge on any atom is 0.129 e. The van der Waals surface area contributed by atoms with Crippen LogP contribution >= 0.6 is 0 Å². The molecule has 15 heavy (non-hydrogen) atoms. The van der Waals surface area contributed by atoms with Crippen LogP contribution in [0.3, 0.4) is 0 Å². The quantitative estimate of drug-likeness (QED) is 0.764. The molecule has 0 saturated heterocycles. The zero-order valence-electron chi connectivity index (χ0n) is 9.96. The van der Waals surface area contributed by atoms with E-state index in [0.29, 0.717) is 0 Å². The van der Waals surface area contributed by atoms with E-state index < -0.39 is 0 Å². The molecule has 1 aromatic carbocycles. The number of ether oxygens (including phenoxy) is 3. The van der Waals surface area contributed by atoms with E-state index in [9.17, 15) is 0 Å². The molecule has 0 spiro atoms. The van der Waals surface area contributed by atoms with Gasteiger partial charge < -0.3 is 14.2 Å². The van der Waals surface area contributed by atoms with Crippen LogP contribution in [0.1, 0.15) is 19.4 Å². The third-order valence-corrected chi connectivity index (χ3v) is 2.10. The average molecular weight is 210 g/mol. The summed E-state index contributed by atoms with van der Waals surface area (Å²) >= 11 is 0. The molecule has 1 aromatic rings. The molecule has 3 nitrogen and oxygen atoms in total. The molecule has 84 valence electrons. The van der Waals surface area contributed by atoms with Crippen LogP contribution in [0.25, 0.3) is 0 Å². The van der Waals surface area contributed by atoms with Crippen molar-refractivity contribution >= 4 is 0 Å². The summed E-state index contributed by atoms with van der Waals surface area (Å²) in [6.45, 7) is 5.93. The Hall–Kier alpha value is -1.38. The molecule has 0 amide bonds. The van der Waals surface area contributed by atoms with Gasteiger partial charge in [0.25, 0.3) is 0 Å². The number of benzene rings is 1. The smallest absolute Gasteiger partial charge is 0.129 e. The summed E-state index contributed by atoms with van der Waals surface area (Å²) in [6, 6.07) is 3.75. The van der Waals surface area contributed by atoms with Gasteiger partial charge >= 0.3 is 0 Å². The van der Waals surface area contributed by atoms with E-state index in [1.165, 1.54) is 0 Å². The van der Waals surface area contributed by atoms with Crippen molar-refractivity contribution in [1.29, 1.82) is 0 Å². The number of methoxy groups -OCH3 is 2. The van der Waals surface area contributed by atoms with Gasteiger partial charge in [0.2, 0.25) is 0 Å². The lowest BCUT2D eigenvalue weighted by Gasteiger charge is -2.15. The first-order chi connectivity index (χ1) is 7.08. The highest BCUT2D eigenvalue weighted by molar-refractivity contribution is 5.49. The molecule has 0 radical (unpaired) electrons. The fraction of sp³-hybridized carbons (Fsp3) is 0.500. The van der Waals surface area contributed by atoms with Crippen molar-refractivity contribution in [3.8, 4) is 17.2 Å². The van der Waals surface area contributed by atoms with Gasteiger partial charge in [0.15, 0.2) is 0 Å². The van der Waals surface area contributed by atoms with Gasteiger partial charge in [0, 0.05) is 17.7 Å². The SMILES string of the molecule is COc1cc(OC(C)C)cc(OC)c1C. The van der Waals surface area contributed by atoms with Crippen LogP contribution in [0.2, 0.25) is 0 Å². The minimum Gasteiger partial charge on any atom is -0.496 e. The van der Waals surface area contributed by atoms with Crippen LogP contribution in [0.15, 0.2) is 12.1 Å². The molecule has 0 aliphatic carbocycles. The van der Waals surface area contributed by atoms with Crippen LogP contribution in [-0.4, -0.2) is 20.3 Å². The third-order valence-electron chi connectivity index (χ3n) is 2.10. The van der Waals surface area contributed by atoms with Crippen molar-refractivity contribution in [3.63, 3.8) is 0 Å². The second kappa shape index (κ2) is 4.91. The molecule has 0 aliphatic rings. The van der Waals surface area contributed by atoms with Crippen LogP contribution in [0, 0.1) is 6.92 Å². The molecule has 0 unspecified atom stereocenters. The summed E-state index contributed by atoms with van der Waals surface area (Å²) in [5.41, 5.74) is 0.983. The zero-order valence-corrected chi connectivity index (χ0v) is 9.96. The predicted octanol–water partition coefficient (Wildman–Crippen LogP) is 2.80. The van der Waals surface area contributed by atoms with Crippen LogP contribution in [-0.2, 0) is 0 Å². The van der Waals surface area contributed by atoms with Gasteiger partial charge in [-0.3, -0.25) is 0 Å². The lowest BCUT2D eigenvalue weighted by atomic mass is 10.2. The largest absolute Gasteiger partial charge is 0.496 e. The summed E-state index contributed by atoms with van der Waals surface area (Å²) in [5, 5.41) is 0. The summed E-state index contributed by atoms with van der Waals surface area (Å²) in [4.78, 5) is 0. The number of rotatable bonds is 4. The van der Waals surface area contributed by atoms with E-state index >= 15 is 0 Å². The molecule has 0 atom stereocenters. The third kappa shape index (κ3) is 2.78. The van der Waals surface area contributed by atoms with Gasteiger partial charge in [0.1, 0.15) is 17.2 Å². The number of hydrogen-bond donors (Lipinski definition) is 0. The second-order valence-electron chi connectivity index (χ2n) is 3.62. The molecule has 0 aliphatic heterocycles. The van der Waals surface area contributed by atoms with E-state index in [-0.39, 0.29) is 6.10 Å². The Morgan fingerprint density at radius 1 is 1.00 bits per heavy atom. The minimum atomic E-state index is 0.141. The fourth-order valence-corrected chi connectivity index (χ4v) is 1.40. The normalized spacial score (nSPS) is 10.3. The zero-order chi connectivity index (χ0) is 11.4. The predicted molar refractivity (Wildman–Crippen MR) is 60.0 cm³/mol. The Morgan fingerprint density at radius 3 is 1.80 bits per heavy atom. The Morgan fingerprint density at radius 2 is 1.47 bits per heavy atom. The molecular formula is C12H18O3. The Balaban J connectivity index is 3.09. The summed E-state index contributed by atoms with van der Waals surface area (Å²) in [7, 11) is 3.28. The first-order valence-corrected chi connectivity index (χ1v) is 4.97. The molecule has 0 fully saturated rings. The summed E-state index contributed by atoms with van der Waals surface area (Å²) in [6.07, 6.45) is 0.141. The Kier molecular flexibility index (Phi) is 3.83. The van der Waals surface area contributed by atoms with Gasteiger partial charge in [-0.1, -0.05) is 0 Å². The maximum absolute atomic E-state index is 5.59. The molecule has 3 heteroatoms. The molecule has 0 N–H and O–H groups in total.